The van der Waals surface area contributed by atoms with Gasteiger partial charge >= 0.3 is 6.18 Å². The van der Waals surface area contributed by atoms with Crippen molar-refractivity contribution in [2.75, 3.05) is 13.1 Å². The van der Waals surface area contributed by atoms with Crippen LogP contribution in [0.5, 0.6) is 0 Å². The van der Waals surface area contributed by atoms with Crippen LogP contribution >= 0.6 is 0 Å². The third-order valence-corrected chi connectivity index (χ3v) is 3.72. The van der Waals surface area contributed by atoms with Crippen LogP contribution in [0.1, 0.15) is 42.9 Å². The van der Waals surface area contributed by atoms with Gasteiger partial charge in [-0.2, -0.15) is 13.2 Å². The molecule has 1 aliphatic carbocycles. The van der Waals surface area contributed by atoms with E-state index in [0.29, 0.717) is 12.1 Å². The van der Waals surface area contributed by atoms with Gasteiger partial charge in [0.15, 0.2) is 0 Å². The van der Waals surface area contributed by atoms with E-state index in [9.17, 15) is 18.3 Å². The highest BCUT2D eigenvalue weighted by atomic mass is 19.4. The van der Waals surface area contributed by atoms with Crippen LogP contribution in [0, 0.1) is 0 Å². The second-order valence-electron chi connectivity index (χ2n) is 5.34. The van der Waals surface area contributed by atoms with E-state index >= 15 is 0 Å². The Bertz CT molecular complexity index is 479. The van der Waals surface area contributed by atoms with Crippen molar-refractivity contribution in [3.8, 4) is 0 Å². The first-order valence-electron chi connectivity index (χ1n) is 7.20. The van der Waals surface area contributed by atoms with Gasteiger partial charge in [-0.25, -0.2) is 0 Å². The fourth-order valence-corrected chi connectivity index (χ4v) is 2.46. The van der Waals surface area contributed by atoms with Crippen molar-refractivity contribution >= 4 is 0 Å². The molecule has 0 bridgehead atoms. The number of alkyl halides is 3. The molecule has 1 unspecified atom stereocenters. The van der Waals surface area contributed by atoms with Crippen molar-refractivity contribution in [2.24, 2.45) is 0 Å². The first kappa shape index (κ1) is 16.0. The molecule has 5 heteroatoms. The van der Waals surface area contributed by atoms with Crippen molar-refractivity contribution in [3.63, 3.8) is 0 Å². The summed E-state index contributed by atoms with van der Waals surface area (Å²) in [5.74, 6) is 0. The minimum atomic E-state index is -4.34. The Hall–Kier alpha value is -1.33. The number of allylic oxidation sites excluding steroid dienone is 1. The Kier molecular flexibility index (Phi) is 5.42. The molecule has 1 aromatic carbocycles. The summed E-state index contributed by atoms with van der Waals surface area (Å²) in [5.41, 5.74) is 1.25. The maximum Gasteiger partial charge on any atom is 0.416 e. The molecule has 116 valence electrons. The zero-order valence-electron chi connectivity index (χ0n) is 11.8. The van der Waals surface area contributed by atoms with Crippen LogP contribution in [0.15, 0.2) is 35.9 Å². The van der Waals surface area contributed by atoms with Gasteiger partial charge in [0.2, 0.25) is 0 Å². The molecule has 0 aromatic heterocycles. The first-order chi connectivity index (χ1) is 9.97. The van der Waals surface area contributed by atoms with Crippen molar-refractivity contribution in [1.82, 2.24) is 5.32 Å². The predicted molar refractivity (Wildman–Crippen MR) is 75.8 cm³/mol. The number of nitrogens with one attached hydrogen (secondary N) is 1. The van der Waals surface area contributed by atoms with Gasteiger partial charge in [-0.3, -0.25) is 0 Å². The molecule has 21 heavy (non-hydrogen) atoms. The van der Waals surface area contributed by atoms with Crippen LogP contribution in [0.2, 0.25) is 0 Å². The van der Waals surface area contributed by atoms with E-state index in [0.717, 1.165) is 37.9 Å². The topological polar surface area (TPSA) is 32.3 Å². The summed E-state index contributed by atoms with van der Waals surface area (Å²) in [6.07, 6.45) is 1.64. The Morgan fingerprint density at radius 3 is 2.48 bits per heavy atom. The number of hydrogen-bond donors (Lipinski definition) is 2. The van der Waals surface area contributed by atoms with E-state index in [1.807, 2.05) is 0 Å². The second kappa shape index (κ2) is 7.09. The third-order valence-electron chi connectivity index (χ3n) is 3.72. The monoisotopic (exact) mass is 299 g/mol. The number of aliphatic hydroxyl groups excluding tert-OH is 1. The summed E-state index contributed by atoms with van der Waals surface area (Å²) in [6, 6.07) is 4.66. The molecule has 1 aliphatic rings. The molecule has 0 aliphatic heterocycles. The van der Waals surface area contributed by atoms with Gasteiger partial charge in [0.1, 0.15) is 0 Å². The maximum atomic E-state index is 12.4. The maximum absolute atomic E-state index is 12.4. The average molecular weight is 299 g/mol. The normalized spacial score (nSPS) is 16.9. The largest absolute Gasteiger partial charge is 0.416 e. The molecule has 0 heterocycles. The summed E-state index contributed by atoms with van der Waals surface area (Å²) in [7, 11) is 0. The summed E-state index contributed by atoms with van der Waals surface area (Å²) >= 11 is 0. The van der Waals surface area contributed by atoms with Crippen molar-refractivity contribution in [3.05, 3.63) is 47.0 Å². The van der Waals surface area contributed by atoms with E-state index in [1.165, 1.54) is 24.1 Å². The molecule has 2 N–H and O–H groups in total. The van der Waals surface area contributed by atoms with Crippen LogP contribution in [0.25, 0.3) is 0 Å². The number of hydrogen-bond acceptors (Lipinski definition) is 2. The van der Waals surface area contributed by atoms with E-state index in [2.05, 4.69) is 11.4 Å². The van der Waals surface area contributed by atoms with Gasteiger partial charge in [0, 0.05) is 6.54 Å². The zero-order chi connectivity index (χ0) is 15.3. The molecule has 2 rings (SSSR count). The number of halogens is 3. The lowest BCUT2D eigenvalue weighted by molar-refractivity contribution is -0.137. The highest BCUT2D eigenvalue weighted by Gasteiger charge is 2.30. The van der Waals surface area contributed by atoms with Crippen molar-refractivity contribution in [2.45, 2.75) is 38.0 Å². The average Bonchev–Trinajstić information content (AvgIpc) is 2.96. The predicted octanol–water partition coefficient (Wildman–Crippen LogP) is 3.83. The minimum Gasteiger partial charge on any atom is -0.387 e. The molecule has 0 fully saturated rings. The molecule has 0 saturated heterocycles. The quantitative estimate of drug-likeness (QED) is 0.618. The number of aliphatic hydroxyl groups is 1. The van der Waals surface area contributed by atoms with Crippen LogP contribution in [-0.4, -0.2) is 18.2 Å². The van der Waals surface area contributed by atoms with E-state index < -0.39 is 17.8 Å². The Morgan fingerprint density at radius 2 is 1.90 bits per heavy atom. The molecule has 1 atom stereocenters. The van der Waals surface area contributed by atoms with Gasteiger partial charge in [-0.05, 0) is 49.9 Å². The van der Waals surface area contributed by atoms with E-state index in [4.69, 9.17) is 0 Å². The first-order valence-corrected chi connectivity index (χ1v) is 7.20. The molecule has 0 radical (unpaired) electrons. The second-order valence-corrected chi connectivity index (χ2v) is 5.34. The molecule has 0 amide bonds. The molecule has 1 aromatic rings. The van der Waals surface area contributed by atoms with Gasteiger partial charge in [0.25, 0.3) is 0 Å². The van der Waals surface area contributed by atoms with Crippen molar-refractivity contribution in [1.29, 1.82) is 0 Å². The Morgan fingerprint density at radius 1 is 1.19 bits per heavy atom. The zero-order valence-corrected chi connectivity index (χ0v) is 11.8. The van der Waals surface area contributed by atoms with Gasteiger partial charge < -0.3 is 10.4 Å². The molecule has 2 nitrogen and oxygen atoms in total. The van der Waals surface area contributed by atoms with Gasteiger partial charge in [-0.1, -0.05) is 23.8 Å². The molecule has 0 saturated carbocycles. The fraction of sp³-hybridized carbons (Fsp3) is 0.500. The molecular weight excluding hydrogens is 279 g/mol. The molecular formula is C16H20F3NO. The van der Waals surface area contributed by atoms with Crippen LogP contribution in [0.3, 0.4) is 0 Å². The summed E-state index contributed by atoms with van der Waals surface area (Å²) < 4.78 is 37.3. The van der Waals surface area contributed by atoms with Gasteiger partial charge in [-0.15, -0.1) is 0 Å². The number of rotatable bonds is 6. The van der Waals surface area contributed by atoms with Crippen LogP contribution < -0.4 is 5.32 Å². The highest BCUT2D eigenvalue weighted by molar-refractivity contribution is 5.26. The minimum absolute atomic E-state index is 0.346. The van der Waals surface area contributed by atoms with Crippen LogP contribution in [-0.2, 0) is 6.18 Å². The van der Waals surface area contributed by atoms with E-state index in [-0.39, 0.29) is 0 Å². The SMILES string of the molecule is OC(CNCCC1=CCCC1)c1ccc(C(F)(F)F)cc1. The third kappa shape index (κ3) is 4.86. The van der Waals surface area contributed by atoms with Gasteiger partial charge in [0.05, 0.1) is 11.7 Å². The fourth-order valence-electron chi connectivity index (χ4n) is 2.46. The number of benzene rings is 1. The summed E-state index contributed by atoms with van der Waals surface area (Å²) in [4.78, 5) is 0. The van der Waals surface area contributed by atoms with Crippen LogP contribution in [0.4, 0.5) is 13.2 Å². The Balaban J connectivity index is 1.76. The lowest BCUT2D eigenvalue weighted by atomic mass is 10.1. The summed E-state index contributed by atoms with van der Waals surface area (Å²) in [6.45, 7) is 1.13. The van der Waals surface area contributed by atoms with E-state index in [1.54, 1.807) is 0 Å². The highest BCUT2D eigenvalue weighted by Crippen LogP contribution is 2.29. The standard InChI is InChI=1S/C16H20F3NO/c17-16(18,19)14-7-5-13(6-8-14)15(21)11-20-10-9-12-3-1-2-4-12/h3,5-8,15,20-21H,1-2,4,9-11H2. The Labute approximate surface area is 122 Å². The molecule has 0 spiro atoms. The summed E-state index contributed by atoms with van der Waals surface area (Å²) in [5, 5.41) is 13.1. The van der Waals surface area contributed by atoms with Crippen molar-refractivity contribution < 1.29 is 18.3 Å². The lowest BCUT2D eigenvalue weighted by Crippen LogP contribution is -2.22. The lowest BCUT2D eigenvalue weighted by Gasteiger charge is -2.14. The smallest absolute Gasteiger partial charge is 0.387 e.